The van der Waals surface area contributed by atoms with Gasteiger partial charge < -0.3 is 28.6 Å². The third-order valence-electron chi connectivity index (χ3n) is 4.14. The Bertz CT molecular complexity index is 783. The molecule has 0 N–H and O–H groups in total. The van der Waals surface area contributed by atoms with E-state index in [1.54, 1.807) is 71.8 Å². The second-order valence-electron chi connectivity index (χ2n) is 5.76. The maximum absolute atomic E-state index is 12.9. The van der Waals surface area contributed by atoms with Crippen molar-refractivity contribution < 1.29 is 28.5 Å². The summed E-state index contributed by atoms with van der Waals surface area (Å²) in [6, 6.07) is 8.69. The van der Waals surface area contributed by atoms with Crippen LogP contribution in [-0.2, 0) is 6.54 Å². The smallest absolute Gasteiger partial charge is 0.254 e. The fraction of sp³-hybridized carbons (Fsp3) is 0.350. The maximum atomic E-state index is 12.9. The Balaban J connectivity index is 2.32. The van der Waals surface area contributed by atoms with E-state index in [0.29, 0.717) is 40.9 Å². The van der Waals surface area contributed by atoms with Crippen LogP contribution in [0.3, 0.4) is 0 Å². The Morgan fingerprint density at radius 1 is 0.815 bits per heavy atom. The molecule has 2 aromatic rings. The summed E-state index contributed by atoms with van der Waals surface area (Å²) in [4.78, 5) is 14.5. The average Bonchev–Trinajstić information content (AvgIpc) is 2.71. The minimum Gasteiger partial charge on any atom is -0.497 e. The molecule has 7 nitrogen and oxygen atoms in total. The molecule has 0 spiro atoms. The molecule has 1 amide bonds. The van der Waals surface area contributed by atoms with Crippen molar-refractivity contribution in [3.05, 3.63) is 41.5 Å². The molecule has 2 rings (SSSR count). The second-order valence-corrected chi connectivity index (χ2v) is 5.76. The number of carbonyl (C=O) groups excluding carboxylic acids is 1. The van der Waals surface area contributed by atoms with Crippen LogP contribution in [0.4, 0.5) is 0 Å². The lowest BCUT2D eigenvalue weighted by molar-refractivity contribution is 0.0783. The van der Waals surface area contributed by atoms with Gasteiger partial charge in [0.15, 0.2) is 11.5 Å². The van der Waals surface area contributed by atoms with E-state index in [9.17, 15) is 4.79 Å². The van der Waals surface area contributed by atoms with Gasteiger partial charge in [0.05, 0.1) is 35.5 Å². The topological polar surface area (TPSA) is 66.5 Å². The quantitative estimate of drug-likeness (QED) is 0.707. The first kappa shape index (κ1) is 20.2. The van der Waals surface area contributed by atoms with Crippen LogP contribution >= 0.6 is 0 Å². The molecule has 7 heteroatoms. The SMILES string of the molecule is COc1cc(OC)cc(C(=O)N(C)Cc2ccc(OC)c(OC)c2OC)c1. The number of carbonyl (C=O) groups is 1. The van der Waals surface area contributed by atoms with Crippen LogP contribution < -0.4 is 23.7 Å². The van der Waals surface area contributed by atoms with Crippen molar-refractivity contribution in [1.29, 1.82) is 0 Å². The van der Waals surface area contributed by atoms with Crippen LogP contribution in [0.25, 0.3) is 0 Å². The number of methoxy groups -OCH3 is 5. The average molecular weight is 375 g/mol. The molecule has 27 heavy (non-hydrogen) atoms. The second kappa shape index (κ2) is 9.02. The zero-order chi connectivity index (χ0) is 20.0. The number of benzene rings is 2. The van der Waals surface area contributed by atoms with E-state index in [4.69, 9.17) is 23.7 Å². The van der Waals surface area contributed by atoms with Gasteiger partial charge in [-0.15, -0.1) is 0 Å². The molecule has 2 aromatic carbocycles. The van der Waals surface area contributed by atoms with Crippen LogP contribution in [0.1, 0.15) is 15.9 Å². The standard InChI is InChI=1S/C20H25NO6/c1-21(20(22)14-9-15(23-2)11-16(10-14)24-3)12-13-7-8-17(25-4)19(27-6)18(13)26-5/h7-11H,12H2,1-6H3. The zero-order valence-electron chi connectivity index (χ0n) is 16.5. The molecule has 0 fully saturated rings. The third-order valence-corrected chi connectivity index (χ3v) is 4.14. The van der Waals surface area contributed by atoms with Gasteiger partial charge in [0, 0.05) is 30.8 Å². The van der Waals surface area contributed by atoms with Crippen molar-refractivity contribution in [2.24, 2.45) is 0 Å². The van der Waals surface area contributed by atoms with Gasteiger partial charge in [-0.1, -0.05) is 0 Å². The summed E-state index contributed by atoms with van der Waals surface area (Å²) in [5, 5.41) is 0. The maximum Gasteiger partial charge on any atom is 0.254 e. The summed E-state index contributed by atoms with van der Waals surface area (Å²) in [5.74, 6) is 2.50. The number of nitrogens with zero attached hydrogens (tertiary/aromatic N) is 1. The number of hydrogen-bond acceptors (Lipinski definition) is 6. The molecule has 0 saturated heterocycles. The molecule has 0 aliphatic rings. The first-order valence-corrected chi connectivity index (χ1v) is 8.25. The van der Waals surface area contributed by atoms with Crippen LogP contribution in [-0.4, -0.2) is 53.4 Å². The molecular formula is C20H25NO6. The molecule has 0 atom stereocenters. The molecular weight excluding hydrogens is 350 g/mol. The number of ether oxygens (including phenoxy) is 5. The van der Waals surface area contributed by atoms with E-state index in [1.165, 1.54) is 0 Å². The lowest BCUT2D eigenvalue weighted by Crippen LogP contribution is -2.26. The van der Waals surface area contributed by atoms with Gasteiger partial charge in [-0.25, -0.2) is 0 Å². The summed E-state index contributed by atoms with van der Waals surface area (Å²) in [7, 11) is 9.45. The predicted molar refractivity (Wildman–Crippen MR) is 101 cm³/mol. The molecule has 0 bridgehead atoms. The molecule has 0 aliphatic carbocycles. The summed E-state index contributed by atoms with van der Waals surface area (Å²) in [6.45, 7) is 0.321. The highest BCUT2D eigenvalue weighted by molar-refractivity contribution is 5.95. The summed E-state index contributed by atoms with van der Waals surface area (Å²) in [5.41, 5.74) is 1.26. The zero-order valence-corrected chi connectivity index (χ0v) is 16.5. The van der Waals surface area contributed by atoms with Crippen molar-refractivity contribution in [3.8, 4) is 28.7 Å². The van der Waals surface area contributed by atoms with Gasteiger partial charge in [-0.3, -0.25) is 4.79 Å². The first-order valence-electron chi connectivity index (χ1n) is 8.25. The minimum atomic E-state index is -0.177. The van der Waals surface area contributed by atoms with Crippen molar-refractivity contribution in [2.75, 3.05) is 42.6 Å². The van der Waals surface area contributed by atoms with Gasteiger partial charge in [0.25, 0.3) is 5.91 Å². The monoisotopic (exact) mass is 375 g/mol. The highest BCUT2D eigenvalue weighted by Crippen LogP contribution is 2.40. The van der Waals surface area contributed by atoms with E-state index in [2.05, 4.69) is 0 Å². The molecule has 146 valence electrons. The summed E-state index contributed by atoms with van der Waals surface area (Å²) in [6.07, 6.45) is 0. The molecule has 0 saturated carbocycles. The fourth-order valence-corrected chi connectivity index (χ4v) is 2.77. The van der Waals surface area contributed by atoms with E-state index in [-0.39, 0.29) is 5.91 Å². The van der Waals surface area contributed by atoms with Gasteiger partial charge >= 0.3 is 0 Å². The lowest BCUT2D eigenvalue weighted by atomic mass is 10.1. The van der Waals surface area contributed by atoms with Gasteiger partial charge in [0.2, 0.25) is 5.75 Å². The first-order chi connectivity index (χ1) is 13.0. The number of rotatable bonds is 8. The number of amides is 1. The van der Waals surface area contributed by atoms with Crippen LogP contribution in [0.2, 0.25) is 0 Å². The summed E-state index contributed by atoms with van der Waals surface area (Å²) >= 11 is 0. The van der Waals surface area contributed by atoms with Crippen LogP contribution in [0, 0.1) is 0 Å². The Hall–Kier alpha value is -3.09. The van der Waals surface area contributed by atoms with Crippen molar-refractivity contribution in [1.82, 2.24) is 4.90 Å². The predicted octanol–water partition coefficient (Wildman–Crippen LogP) is 3.00. The third kappa shape index (κ3) is 4.36. The molecule has 0 heterocycles. The highest BCUT2D eigenvalue weighted by Gasteiger charge is 2.20. The Morgan fingerprint density at radius 2 is 1.41 bits per heavy atom. The largest absolute Gasteiger partial charge is 0.497 e. The molecule has 0 aromatic heterocycles. The fourth-order valence-electron chi connectivity index (χ4n) is 2.77. The summed E-state index contributed by atoms with van der Waals surface area (Å²) < 4.78 is 26.7. The normalized spacial score (nSPS) is 10.1. The van der Waals surface area contributed by atoms with Crippen molar-refractivity contribution in [3.63, 3.8) is 0 Å². The Morgan fingerprint density at radius 3 is 1.89 bits per heavy atom. The van der Waals surface area contributed by atoms with Crippen LogP contribution in [0.15, 0.2) is 30.3 Å². The van der Waals surface area contributed by atoms with E-state index >= 15 is 0 Å². The number of hydrogen-bond donors (Lipinski definition) is 0. The van der Waals surface area contributed by atoms with E-state index < -0.39 is 0 Å². The molecule has 0 radical (unpaired) electrons. The lowest BCUT2D eigenvalue weighted by Gasteiger charge is -2.21. The van der Waals surface area contributed by atoms with Gasteiger partial charge in [-0.05, 0) is 24.3 Å². The Kier molecular flexibility index (Phi) is 6.76. The van der Waals surface area contributed by atoms with E-state index in [0.717, 1.165) is 5.56 Å². The highest BCUT2D eigenvalue weighted by atomic mass is 16.5. The molecule has 0 unspecified atom stereocenters. The van der Waals surface area contributed by atoms with Gasteiger partial charge in [0.1, 0.15) is 11.5 Å². The Labute approximate surface area is 159 Å². The van der Waals surface area contributed by atoms with Crippen LogP contribution in [0.5, 0.6) is 28.7 Å². The van der Waals surface area contributed by atoms with Crippen molar-refractivity contribution >= 4 is 5.91 Å². The van der Waals surface area contributed by atoms with Crippen molar-refractivity contribution in [2.45, 2.75) is 6.54 Å². The van der Waals surface area contributed by atoms with E-state index in [1.807, 2.05) is 6.07 Å². The van der Waals surface area contributed by atoms with Gasteiger partial charge in [-0.2, -0.15) is 0 Å². The minimum absolute atomic E-state index is 0.177. The molecule has 0 aliphatic heterocycles.